The van der Waals surface area contributed by atoms with Crippen molar-refractivity contribution in [3.05, 3.63) is 36.2 Å². The summed E-state index contributed by atoms with van der Waals surface area (Å²) in [6.07, 6.45) is 3.26. The van der Waals surface area contributed by atoms with Crippen LogP contribution in [0.25, 0.3) is 22.3 Å². The highest BCUT2D eigenvalue weighted by molar-refractivity contribution is 6.27. The van der Waals surface area contributed by atoms with Gasteiger partial charge in [-0.2, -0.15) is 5.10 Å². The Hall–Kier alpha value is -2.75. The van der Waals surface area contributed by atoms with Gasteiger partial charge < -0.3 is 15.4 Å². The van der Waals surface area contributed by atoms with Crippen LogP contribution in [-0.4, -0.2) is 80.7 Å². The Morgan fingerprint density at radius 2 is 1.94 bits per heavy atom. The maximum absolute atomic E-state index is 12.2. The number of alkyl halides is 1. The summed E-state index contributed by atoms with van der Waals surface area (Å²) in [5.74, 6) is 0.343. The molecule has 2 aliphatic heterocycles. The molecule has 33 heavy (non-hydrogen) atoms. The van der Waals surface area contributed by atoms with Gasteiger partial charge >= 0.3 is 0 Å². The standard InChI is InChI=1S/C23H28ClN7O2/c24-12-19(32)30-7-1-2-18(14-30)31-23-20(22(25)26-15-27-23)21(28-31)17-5-3-16(4-6-17)13-29-8-10-33-11-9-29/h3-6,15,18H,1-2,7-14H2,(H2,25,26,27). The maximum atomic E-state index is 12.2. The number of aromatic nitrogens is 4. The van der Waals surface area contributed by atoms with Crippen LogP contribution in [0.3, 0.4) is 0 Å². The summed E-state index contributed by atoms with van der Waals surface area (Å²) in [5.41, 5.74) is 9.96. The van der Waals surface area contributed by atoms with Gasteiger partial charge in [0.2, 0.25) is 5.91 Å². The second-order valence-corrected chi connectivity index (χ2v) is 8.87. The van der Waals surface area contributed by atoms with Crippen molar-refractivity contribution in [3.8, 4) is 11.3 Å². The van der Waals surface area contributed by atoms with Gasteiger partial charge in [-0.15, -0.1) is 11.6 Å². The van der Waals surface area contributed by atoms with Crippen molar-refractivity contribution in [2.24, 2.45) is 0 Å². The number of fused-ring (bicyclic) bond motifs is 1. The number of benzene rings is 1. The van der Waals surface area contributed by atoms with E-state index in [0.29, 0.717) is 18.0 Å². The fourth-order valence-electron chi connectivity index (χ4n) is 4.70. The van der Waals surface area contributed by atoms with Crippen LogP contribution in [0.5, 0.6) is 0 Å². The number of halogens is 1. The van der Waals surface area contributed by atoms with Crippen molar-refractivity contribution in [2.75, 3.05) is 51.0 Å². The summed E-state index contributed by atoms with van der Waals surface area (Å²) in [5, 5.41) is 5.69. The zero-order valence-corrected chi connectivity index (χ0v) is 19.2. The van der Waals surface area contributed by atoms with Gasteiger partial charge in [0.1, 0.15) is 23.7 Å². The number of hydrogen-bond donors (Lipinski definition) is 1. The van der Waals surface area contributed by atoms with Crippen LogP contribution >= 0.6 is 11.6 Å². The van der Waals surface area contributed by atoms with Gasteiger partial charge in [-0.05, 0) is 18.4 Å². The fraction of sp³-hybridized carbons (Fsp3) is 0.478. The van der Waals surface area contributed by atoms with E-state index in [-0.39, 0.29) is 17.8 Å². The summed E-state index contributed by atoms with van der Waals surface area (Å²) in [6, 6.07) is 8.45. The number of carbonyl (C=O) groups is 1. The van der Waals surface area contributed by atoms with Crippen LogP contribution in [0.2, 0.25) is 0 Å². The Morgan fingerprint density at radius 1 is 1.15 bits per heavy atom. The lowest BCUT2D eigenvalue weighted by Gasteiger charge is -2.32. The molecule has 1 unspecified atom stereocenters. The predicted molar refractivity (Wildman–Crippen MR) is 127 cm³/mol. The molecule has 2 saturated heterocycles. The first-order valence-electron chi connectivity index (χ1n) is 11.4. The SMILES string of the molecule is Nc1ncnc2c1c(-c1ccc(CN3CCOCC3)cc1)nn2C1CCCN(C(=O)CCl)C1. The summed E-state index contributed by atoms with van der Waals surface area (Å²) < 4.78 is 7.36. The highest BCUT2D eigenvalue weighted by Gasteiger charge is 2.28. The third-order valence-corrected chi connectivity index (χ3v) is 6.69. The van der Waals surface area contributed by atoms with E-state index in [1.807, 2.05) is 4.68 Å². The van der Waals surface area contributed by atoms with E-state index in [9.17, 15) is 4.79 Å². The molecule has 3 aromatic rings. The molecule has 0 radical (unpaired) electrons. The van der Waals surface area contributed by atoms with Crippen molar-refractivity contribution in [3.63, 3.8) is 0 Å². The predicted octanol–water partition coefficient (Wildman–Crippen LogP) is 2.31. The number of carbonyl (C=O) groups excluding carboxylic acids is 1. The minimum atomic E-state index is -0.0527. The Morgan fingerprint density at radius 3 is 2.70 bits per heavy atom. The molecule has 1 atom stereocenters. The molecular formula is C23H28ClN7O2. The van der Waals surface area contributed by atoms with E-state index in [1.165, 1.54) is 11.9 Å². The number of likely N-dealkylation sites (tertiary alicyclic amines) is 1. The summed E-state index contributed by atoms with van der Waals surface area (Å²) in [4.78, 5) is 25.1. The van der Waals surface area contributed by atoms with E-state index in [1.54, 1.807) is 4.90 Å². The van der Waals surface area contributed by atoms with Crippen LogP contribution in [-0.2, 0) is 16.1 Å². The van der Waals surface area contributed by atoms with E-state index in [2.05, 4.69) is 39.1 Å². The Bertz CT molecular complexity index is 1130. The average molecular weight is 470 g/mol. The number of nitrogens with two attached hydrogens (primary N) is 1. The second kappa shape index (κ2) is 9.62. The molecule has 2 aliphatic rings. The fourth-order valence-corrected chi connectivity index (χ4v) is 4.87. The molecule has 1 amide bonds. The quantitative estimate of drug-likeness (QED) is 0.572. The first-order valence-corrected chi connectivity index (χ1v) is 11.9. The van der Waals surface area contributed by atoms with Crippen LogP contribution < -0.4 is 5.73 Å². The largest absolute Gasteiger partial charge is 0.383 e. The second-order valence-electron chi connectivity index (χ2n) is 8.61. The van der Waals surface area contributed by atoms with E-state index in [4.69, 9.17) is 27.2 Å². The summed E-state index contributed by atoms with van der Waals surface area (Å²) in [7, 11) is 0. The Labute approximate surface area is 197 Å². The van der Waals surface area contributed by atoms with Crippen LogP contribution in [0.4, 0.5) is 5.82 Å². The number of amides is 1. The Kier molecular flexibility index (Phi) is 6.43. The zero-order chi connectivity index (χ0) is 22.8. The minimum Gasteiger partial charge on any atom is -0.383 e. The van der Waals surface area contributed by atoms with E-state index in [0.717, 1.165) is 68.9 Å². The van der Waals surface area contributed by atoms with E-state index >= 15 is 0 Å². The van der Waals surface area contributed by atoms with Gasteiger partial charge in [0.15, 0.2) is 5.65 Å². The number of morpholine rings is 1. The topological polar surface area (TPSA) is 102 Å². The highest BCUT2D eigenvalue weighted by Crippen LogP contribution is 2.34. The molecule has 0 aliphatic carbocycles. The van der Waals surface area contributed by atoms with Crippen LogP contribution in [0.15, 0.2) is 30.6 Å². The summed E-state index contributed by atoms with van der Waals surface area (Å²) >= 11 is 5.79. The smallest absolute Gasteiger partial charge is 0.237 e. The lowest BCUT2D eigenvalue weighted by molar-refractivity contribution is -0.130. The molecule has 10 heteroatoms. The molecule has 0 spiro atoms. The number of hydrogen-bond acceptors (Lipinski definition) is 7. The lowest BCUT2D eigenvalue weighted by Crippen LogP contribution is -2.41. The van der Waals surface area contributed by atoms with Gasteiger partial charge in [-0.1, -0.05) is 24.3 Å². The first-order chi connectivity index (χ1) is 16.1. The number of ether oxygens (including phenoxy) is 1. The van der Waals surface area contributed by atoms with Crippen LogP contribution in [0, 0.1) is 0 Å². The number of nitrogen functional groups attached to an aromatic ring is 1. The molecule has 2 N–H and O–H groups in total. The monoisotopic (exact) mass is 469 g/mol. The van der Waals surface area contributed by atoms with Gasteiger partial charge in [0, 0.05) is 38.3 Å². The highest BCUT2D eigenvalue weighted by atomic mass is 35.5. The van der Waals surface area contributed by atoms with Crippen LogP contribution in [0.1, 0.15) is 24.4 Å². The molecule has 174 valence electrons. The number of piperidine rings is 1. The third kappa shape index (κ3) is 4.53. The van der Waals surface area contributed by atoms with Crippen molar-refractivity contribution in [2.45, 2.75) is 25.4 Å². The number of rotatable bonds is 5. The maximum Gasteiger partial charge on any atom is 0.237 e. The average Bonchev–Trinajstić information content (AvgIpc) is 3.26. The van der Waals surface area contributed by atoms with Gasteiger partial charge in [0.25, 0.3) is 0 Å². The van der Waals surface area contributed by atoms with Gasteiger partial charge in [-0.3, -0.25) is 9.69 Å². The molecule has 4 heterocycles. The lowest BCUT2D eigenvalue weighted by atomic mass is 10.1. The molecular weight excluding hydrogens is 442 g/mol. The van der Waals surface area contributed by atoms with Crippen molar-refractivity contribution in [1.82, 2.24) is 29.5 Å². The van der Waals surface area contributed by atoms with Crippen molar-refractivity contribution in [1.29, 1.82) is 0 Å². The Balaban J connectivity index is 1.46. The van der Waals surface area contributed by atoms with Crippen molar-refractivity contribution >= 4 is 34.4 Å². The number of anilines is 1. The molecule has 2 fully saturated rings. The van der Waals surface area contributed by atoms with E-state index < -0.39 is 0 Å². The van der Waals surface area contributed by atoms with Gasteiger partial charge in [0.05, 0.1) is 24.6 Å². The molecule has 9 nitrogen and oxygen atoms in total. The molecule has 0 bridgehead atoms. The first kappa shape index (κ1) is 22.1. The summed E-state index contributed by atoms with van der Waals surface area (Å²) in [6.45, 7) is 5.66. The van der Waals surface area contributed by atoms with Crippen molar-refractivity contribution < 1.29 is 9.53 Å². The molecule has 5 rings (SSSR count). The minimum absolute atomic E-state index is 0.0102. The van der Waals surface area contributed by atoms with Gasteiger partial charge in [-0.25, -0.2) is 14.6 Å². The molecule has 1 aromatic carbocycles. The molecule has 2 aromatic heterocycles. The number of nitrogens with zero attached hydrogens (tertiary/aromatic N) is 6. The zero-order valence-electron chi connectivity index (χ0n) is 18.5. The normalized spacial score (nSPS) is 19.8. The molecule has 0 saturated carbocycles. The third-order valence-electron chi connectivity index (χ3n) is 6.46.